The van der Waals surface area contributed by atoms with Gasteiger partial charge in [0.2, 0.25) is 5.91 Å². The quantitative estimate of drug-likeness (QED) is 0.762. The van der Waals surface area contributed by atoms with Crippen molar-refractivity contribution in [3.63, 3.8) is 0 Å². The first-order valence-corrected chi connectivity index (χ1v) is 9.21. The normalized spacial score (nSPS) is 17.7. The zero-order valence-corrected chi connectivity index (χ0v) is 16.0. The van der Waals surface area contributed by atoms with Gasteiger partial charge in [0.1, 0.15) is 0 Å². The van der Waals surface area contributed by atoms with Crippen LogP contribution in [0.1, 0.15) is 25.0 Å². The highest BCUT2D eigenvalue weighted by Crippen LogP contribution is 2.13. The van der Waals surface area contributed by atoms with Crippen molar-refractivity contribution in [2.45, 2.75) is 32.8 Å². The maximum atomic E-state index is 12.6. The van der Waals surface area contributed by atoms with Crippen LogP contribution in [0.25, 0.3) is 0 Å². The fraction of sp³-hybridized carbons (Fsp3) is 0.600. The smallest absolute Gasteiger partial charge is 0.317 e. The molecule has 144 valence electrons. The Morgan fingerprint density at radius 3 is 2.54 bits per heavy atom. The van der Waals surface area contributed by atoms with Crippen LogP contribution in [0.4, 0.5) is 0 Å². The third-order valence-corrected chi connectivity index (χ3v) is 4.43. The van der Waals surface area contributed by atoms with Crippen LogP contribution in [0.3, 0.4) is 0 Å². The molecule has 0 aromatic heterocycles. The summed E-state index contributed by atoms with van der Waals surface area (Å²) in [6.45, 7) is 6.44. The minimum absolute atomic E-state index is 0.0312. The number of morpholine rings is 1. The van der Waals surface area contributed by atoms with Crippen molar-refractivity contribution >= 4 is 11.9 Å². The van der Waals surface area contributed by atoms with E-state index in [2.05, 4.69) is 26.0 Å². The Bertz CT molecular complexity index is 600. The maximum Gasteiger partial charge on any atom is 0.317 e. The van der Waals surface area contributed by atoms with Crippen molar-refractivity contribution in [3.05, 3.63) is 35.4 Å². The van der Waals surface area contributed by atoms with Crippen LogP contribution in [0, 0.1) is 5.92 Å². The minimum Gasteiger partial charge on any atom is -0.480 e. The summed E-state index contributed by atoms with van der Waals surface area (Å²) in [5.41, 5.74) is 2.32. The van der Waals surface area contributed by atoms with Crippen molar-refractivity contribution in [2.24, 2.45) is 5.92 Å². The molecule has 1 aliphatic rings. The number of rotatable bonds is 8. The molecule has 1 unspecified atom stereocenters. The zero-order chi connectivity index (χ0) is 19.1. The van der Waals surface area contributed by atoms with Gasteiger partial charge < -0.3 is 14.7 Å². The summed E-state index contributed by atoms with van der Waals surface area (Å²) in [5, 5.41) is 8.84. The van der Waals surface area contributed by atoms with E-state index in [4.69, 9.17) is 9.84 Å². The second kappa shape index (κ2) is 9.69. The Kier molecular flexibility index (Phi) is 7.60. The highest BCUT2D eigenvalue weighted by Gasteiger charge is 2.25. The first kappa shape index (κ1) is 20.4. The summed E-state index contributed by atoms with van der Waals surface area (Å²) in [6, 6.07) is 8.28. The highest BCUT2D eigenvalue weighted by molar-refractivity contribution is 5.79. The lowest BCUT2D eigenvalue weighted by atomic mass is 10.0. The zero-order valence-electron chi connectivity index (χ0n) is 16.0. The van der Waals surface area contributed by atoms with E-state index in [1.54, 1.807) is 11.9 Å². The summed E-state index contributed by atoms with van der Waals surface area (Å²) in [6.07, 6.45) is 1.29. The molecule has 1 aliphatic heterocycles. The van der Waals surface area contributed by atoms with Gasteiger partial charge in [-0.2, -0.15) is 0 Å². The number of nitrogens with zero attached hydrogens (tertiary/aromatic N) is 2. The van der Waals surface area contributed by atoms with E-state index in [0.29, 0.717) is 38.6 Å². The van der Waals surface area contributed by atoms with Gasteiger partial charge in [0, 0.05) is 19.6 Å². The Balaban J connectivity index is 1.85. The van der Waals surface area contributed by atoms with Gasteiger partial charge in [-0.3, -0.25) is 14.5 Å². The first-order valence-electron chi connectivity index (χ1n) is 9.21. The molecule has 1 atom stereocenters. The van der Waals surface area contributed by atoms with Gasteiger partial charge in [-0.1, -0.05) is 38.1 Å². The van der Waals surface area contributed by atoms with E-state index < -0.39 is 5.97 Å². The lowest BCUT2D eigenvalue weighted by molar-refractivity contribution is -0.142. The molecule has 0 radical (unpaired) electrons. The molecular formula is C20H30N2O4. The predicted octanol–water partition coefficient (Wildman–Crippen LogP) is 1.67. The van der Waals surface area contributed by atoms with Gasteiger partial charge in [-0.15, -0.1) is 0 Å². The Hall–Kier alpha value is -1.92. The van der Waals surface area contributed by atoms with E-state index in [1.807, 2.05) is 17.0 Å². The van der Waals surface area contributed by atoms with Crippen LogP contribution in [0.5, 0.6) is 0 Å². The molecule has 0 saturated carbocycles. The number of benzene rings is 1. The molecule has 1 aromatic carbocycles. The SMILES string of the molecule is CC(C)Cc1ccc(CC(=O)N2CCOC(CN(C)CC(=O)O)C2)cc1. The van der Waals surface area contributed by atoms with Gasteiger partial charge in [-0.05, 0) is 30.5 Å². The first-order chi connectivity index (χ1) is 12.3. The number of hydrogen-bond donors (Lipinski definition) is 1. The van der Waals surface area contributed by atoms with Crippen molar-refractivity contribution < 1.29 is 19.4 Å². The van der Waals surface area contributed by atoms with E-state index in [-0.39, 0.29) is 18.6 Å². The lowest BCUT2D eigenvalue weighted by Crippen LogP contribution is -2.50. The largest absolute Gasteiger partial charge is 0.480 e. The second-order valence-corrected chi connectivity index (χ2v) is 7.51. The van der Waals surface area contributed by atoms with E-state index in [9.17, 15) is 9.59 Å². The van der Waals surface area contributed by atoms with Crippen LogP contribution in [0.2, 0.25) is 0 Å². The molecule has 1 fully saturated rings. The number of likely N-dealkylation sites (N-methyl/N-ethyl adjacent to an activating group) is 1. The summed E-state index contributed by atoms with van der Waals surface area (Å²) in [4.78, 5) is 26.9. The molecule has 1 aromatic rings. The summed E-state index contributed by atoms with van der Waals surface area (Å²) in [5.74, 6) is -0.153. The number of carbonyl (C=O) groups excluding carboxylic acids is 1. The molecule has 1 saturated heterocycles. The summed E-state index contributed by atoms with van der Waals surface area (Å²) in [7, 11) is 1.75. The summed E-state index contributed by atoms with van der Waals surface area (Å²) >= 11 is 0. The minimum atomic E-state index is -0.864. The van der Waals surface area contributed by atoms with E-state index in [0.717, 1.165) is 12.0 Å². The average molecular weight is 362 g/mol. The molecule has 1 amide bonds. The number of hydrogen-bond acceptors (Lipinski definition) is 4. The van der Waals surface area contributed by atoms with Crippen LogP contribution in [0.15, 0.2) is 24.3 Å². The molecule has 0 aliphatic carbocycles. The third kappa shape index (κ3) is 6.77. The number of ether oxygens (including phenoxy) is 1. The van der Waals surface area contributed by atoms with Gasteiger partial charge >= 0.3 is 5.97 Å². The monoisotopic (exact) mass is 362 g/mol. The Labute approximate surface area is 155 Å². The number of carbonyl (C=O) groups is 2. The van der Waals surface area contributed by atoms with Crippen molar-refractivity contribution in [1.29, 1.82) is 0 Å². The average Bonchev–Trinajstić information content (AvgIpc) is 2.55. The predicted molar refractivity (Wildman–Crippen MR) is 100 cm³/mol. The van der Waals surface area contributed by atoms with Crippen LogP contribution >= 0.6 is 0 Å². The Morgan fingerprint density at radius 1 is 1.27 bits per heavy atom. The van der Waals surface area contributed by atoms with Gasteiger partial charge in [0.25, 0.3) is 0 Å². The van der Waals surface area contributed by atoms with Crippen molar-refractivity contribution in [1.82, 2.24) is 9.80 Å². The molecular weight excluding hydrogens is 332 g/mol. The van der Waals surface area contributed by atoms with Crippen LogP contribution in [-0.2, 0) is 27.2 Å². The molecule has 0 spiro atoms. The standard InChI is InChI=1S/C20H30N2O4/c1-15(2)10-16-4-6-17(7-5-16)11-19(23)22-8-9-26-18(13-22)12-21(3)14-20(24)25/h4-7,15,18H,8-14H2,1-3H3,(H,24,25). The van der Waals surface area contributed by atoms with Crippen molar-refractivity contribution in [3.8, 4) is 0 Å². The molecule has 2 rings (SSSR count). The molecule has 26 heavy (non-hydrogen) atoms. The van der Waals surface area contributed by atoms with Gasteiger partial charge in [-0.25, -0.2) is 0 Å². The third-order valence-electron chi connectivity index (χ3n) is 4.43. The molecule has 1 heterocycles. The fourth-order valence-corrected chi connectivity index (χ4v) is 3.25. The van der Waals surface area contributed by atoms with Crippen LogP contribution < -0.4 is 0 Å². The van der Waals surface area contributed by atoms with Crippen LogP contribution in [-0.4, -0.2) is 72.7 Å². The number of carboxylic acids is 1. The topological polar surface area (TPSA) is 70.1 Å². The number of aliphatic carboxylic acids is 1. The number of amides is 1. The van der Waals surface area contributed by atoms with Gasteiger partial charge in [0.15, 0.2) is 0 Å². The van der Waals surface area contributed by atoms with E-state index >= 15 is 0 Å². The summed E-state index contributed by atoms with van der Waals surface area (Å²) < 4.78 is 5.68. The molecule has 1 N–H and O–H groups in total. The van der Waals surface area contributed by atoms with Gasteiger partial charge in [0.05, 0.1) is 25.7 Å². The van der Waals surface area contributed by atoms with Crippen molar-refractivity contribution in [2.75, 3.05) is 39.8 Å². The molecule has 6 heteroatoms. The molecule has 6 nitrogen and oxygen atoms in total. The highest BCUT2D eigenvalue weighted by atomic mass is 16.5. The lowest BCUT2D eigenvalue weighted by Gasteiger charge is -2.34. The fourth-order valence-electron chi connectivity index (χ4n) is 3.25. The molecule has 0 bridgehead atoms. The maximum absolute atomic E-state index is 12.6. The van der Waals surface area contributed by atoms with E-state index in [1.165, 1.54) is 5.56 Å². The number of carboxylic acid groups (broad SMARTS) is 1. The Morgan fingerprint density at radius 2 is 1.92 bits per heavy atom. The second-order valence-electron chi connectivity index (χ2n) is 7.51.